The van der Waals surface area contributed by atoms with Crippen molar-refractivity contribution in [2.75, 3.05) is 6.61 Å². The minimum absolute atomic E-state index is 0.0758. The van der Waals surface area contributed by atoms with Crippen LogP contribution < -0.4 is 0 Å². The van der Waals surface area contributed by atoms with Crippen LogP contribution in [0.15, 0.2) is 30.3 Å². The van der Waals surface area contributed by atoms with Gasteiger partial charge in [0.05, 0.1) is 6.61 Å². The largest absolute Gasteiger partial charge is 0.462 e. The summed E-state index contributed by atoms with van der Waals surface area (Å²) in [6.45, 7) is -0.187. The predicted molar refractivity (Wildman–Crippen MR) is 78.6 cm³/mol. The fraction of sp³-hybridized carbons (Fsp3) is 0.611. The number of aliphatic hydroxyl groups excluding tert-OH is 1. The third-order valence-electron chi connectivity index (χ3n) is 5.79. The number of benzene rings is 1. The lowest BCUT2D eigenvalue weighted by Crippen LogP contribution is -2.31. The molecule has 0 aliphatic heterocycles. The highest BCUT2D eigenvalue weighted by Gasteiger charge is 2.57. The number of hydrogen-bond donors (Lipinski definition) is 1. The van der Waals surface area contributed by atoms with Gasteiger partial charge >= 0.3 is 5.97 Å². The molecule has 112 valence electrons. The van der Waals surface area contributed by atoms with Gasteiger partial charge < -0.3 is 9.84 Å². The molecule has 3 heteroatoms. The van der Waals surface area contributed by atoms with Crippen molar-refractivity contribution in [3.05, 3.63) is 35.9 Å². The van der Waals surface area contributed by atoms with E-state index in [1.54, 1.807) is 0 Å². The normalized spacial score (nSPS) is 37.7. The summed E-state index contributed by atoms with van der Waals surface area (Å²) in [4.78, 5) is 12.4. The Balaban J connectivity index is 1.41. The number of aliphatic hydroxyl groups is 1. The molecule has 0 aromatic heterocycles. The zero-order valence-corrected chi connectivity index (χ0v) is 12.2. The van der Waals surface area contributed by atoms with Gasteiger partial charge in [0.25, 0.3) is 0 Å². The van der Waals surface area contributed by atoms with Crippen LogP contribution in [0.3, 0.4) is 0 Å². The van der Waals surface area contributed by atoms with Crippen molar-refractivity contribution >= 4 is 5.97 Å². The van der Waals surface area contributed by atoms with Gasteiger partial charge in [-0.2, -0.15) is 0 Å². The zero-order chi connectivity index (χ0) is 14.4. The fourth-order valence-corrected chi connectivity index (χ4v) is 4.72. The monoisotopic (exact) mass is 286 g/mol. The first-order chi connectivity index (χ1) is 10.3. The Kier molecular flexibility index (Phi) is 3.26. The second-order valence-electron chi connectivity index (χ2n) is 7.00. The summed E-state index contributed by atoms with van der Waals surface area (Å²) in [6.07, 6.45) is 4.92. The average Bonchev–Trinajstić information content (AvgIpc) is 3.25. The smallest absolute Gasteiger partial charge is 0.316 e. The molecule has 1 N–H and O–H groups in total. The summed E-state index contributed by atoms with van der Waals surface area (Å²) < 4.78 is 5.75. The molecule has 21 heavy (non-hydrogen) atoms. The molecule has 3 unspecified atom stereocenters. The van der Waals surface area contributed by atoms with Crippen LogP contribution >= 0.6 is 0 Å². The second kappa shape index (κ2) is 5.13. The first-order valence-electron chi connectivity index (χ1n) is 8.12. The van der Waals surface area contributed by atoms with Crippen LogP contribution in [0.5, 0.6) is 0 Å². The minimum atomic E-state index is -0.541. The summed E-state index contributed by atoms with van der Waals surface area (Å²) in [6, 6.07) is 9.44. The summed E-state index contributed by atoms with van der Waals surface area (Å²) in [7, 11) is 0. The number of hydrogen-bond acceptors (Lipinski definition) is 3. The van der Waals surface area contributed by atoms with Crippen molar-refractivity contribution < 1.29 is 14.6 Å². The number of carbonyl (C=O) groups excluding carboxylic acids is 1. The molecule has 3 nitrogen and oxygen atoms in total. The summed E-state index contributed by atoms with van der Waals surface area (Å²) in [5.41, 5.74) is 0.839. The fourth-order valence-electron chi connectivity index (χ4n) is 4.72. The molecular weight excluding hydrogens is 264 g/mol. The minimum Gasteiger partial charge on any atom is -0.462 e. The van der Waals surface area contributed by atoms with E-state index >= 15 is 0 Å². The molecule has 0 radical (unpaired) electrons. The van der Waals surface area contributed by atoms with Crippen LogP contribution in [-0.2, 0) is 9.53 Å². The molecule has 3 fully saturated rings. The number of carbonyl (C=O) groups is 1. The van der Waals surface area contributed by atoms with E-state index in [1.165, 1.54) is 12.8 Å². The van der Waals surface area contributed by atoms with E-state index in [2.05, 4.69) is 0 Å². The SMILES string of the molecule is O=C(OC1CC2CC(C1)[C@@H]1C[C@H]21)[C@H](CO)c1ccccc1. The maximum atomic E-state index is 12.4. The summed E-state index contributed by atoms with van der Waals surface area (Å²) in [5, 5.41) is 9.54. The van der Waals surface area contributed by atoms with E-state index in [9.17, 15) is 9.90 Å². The van der Waals surface area contributed by atoms with Crippen LogP contribution in [0.4, 0.5) is 0 Å². The van der Waals surface area contributed by atoms with E-state index < -0.39 is 5.92 Å². The molecule has 3 aliphatic rings. The predicted octanol–water partition coefficient (Wildman–Crippen LogP) is 2.74. The van der Waals surface area contributed by atoms with Gasteiger partial charge in [0.1, 0.15) is 12.0 Å². The lowest BCUT2D eigenvalue weighted by Gasteiger charge is -2.31. The van der Waals surface area contributed by atoms with Crippen molar-refractivity contribution in [3.8, 4) is 0 Å². The van der Waals surface area contributed by atoms with Crippen LogP contribution in [0.2, 0.25) is 0 Å². The second-order valence-corrected chi connectivity index (χ2v) is 7.00. The molecule has 4 rings (SSSR count). The molecule has 0 spiro atoms. The van der Waals surface area contributed by atoms with Gasteiger partial charge in [-0.05, 0) is 54.9 Å². The summed E-state index contributed by atoms with van der Waals surface area (Å²) >= 11 is 0. The van der Waals surface area contributed by atoms with Crippen LogP contribution in [0.25, 0.3) is 0 Å². The van der Waals surface area contributed by atoms with E-state index in [1.807, 2.05) is 30.3 Å². The lowest BCUT2D eigenvalue weighted by molar-refractivity contribution is -0.154. The first-order valence-corrected chi connectivity index (χ1v) is 8.12. The molecular formula is C18H22O3. The molecule has 0 amide bonds. The van der Waals surface area contributed by atoms with E-state index in [-0.39, 0.29) is 18.7 Å². The number of ether oxygens (including phenoxy) is 1. The van der Waals surface area contributed by atoms with Crippen molar-refractivity contribution in [3.63, 3.8) is 0 Å². The molecule has 3 saturated carbocycles. The Morgan fingerprint density at radius 2 is 1.76 bits per heavy atom. The topological polar surface area (TPSA) is 46.5 Å². The quantitative estimate of drug-likeness (QED) is 0.866. The van der Waals surface area contributed by atoms with Gasteiger partial charge in [-0.15, -0.1) is 0 Å². The van der Waals surface area contributed by atoms with Crippen LogP contribution in [0, 0.1) is 23.7 Å². The standard InChI is InChI=1S/C18H22O3/c19-10-17(11-4-2-1-3-5-11)18(20)21-14-7-12-6-13(8-14)16-9-15(12)16/h1-5,12-17,19H,6-10H2/t12?,13?,14?,15-,16+,17-/m1/s1. The number of esters is 1. The van der Waals surface area contributed by atoms with Gasteiger partial charge in [-0.25, -0.2) is 0 Å². The molecule has 1 aromatic carbocycles. The third kappa shape index (κ3) is 2.38. The number of fused-ring (bicyclic) bond motifs is 5. The Morgan fingerprint density at radius 1 is 1.10 bits per heavy atom. The van der Waals surface area contributed by atoms with Crippen molar-refractivity contribution in [1.29, 1.82) is 0 Å². The highest BCUT2D eigenvalue weighted by molar-refractivity contribution is 5.78. The van der Waals surface area contributed by atoms with Gasteiger partial charge in [-0.3, -0.25) is 4.79 Å². The van der Waals surface area contributed by atoms with Gasteiger partial charge in [0.15, 0.2) is 0 Å². The summed E-state index contributed by atoms with van der Waals surface area (Å²) in [5.74, 6) is 2.64. The maximum absolute atomic E-state index is 12.4. The molecule has 6 atom stereocenters. The van der Waals surface area contributed by atoms with Crippen molar-refractivity contribution in [2.24, 2.45) is 23.7 Å². The molecule has 0 heterocycles. The van der Waals surface area contributed by atoms with Crippen LogP contribution in [-0.4, -0.2) is 23.8 Å². The first kappa shape index (κ1) is 13.3. The maximum Gasteiger partial charge on any atom is 0.316 e. The van der Waals surface area contributed by atoms with E-state index in [0.29, 0.717) is 0 Å². The van der Waals surface area contributed by atoms with Gasteiger partial charge in [0, 0.05) is 0 Å². The van der Waals surface area contributed by atoms with Crippen molar-refractivity contribution in [1.82, 2.24) is 0 Å². The zero-order valence-electron chi connectivity index (χ0n) is 12.2. The Bertz CT molecular complexity index is 511. The van der Waals surface area contributed by atoms with E-state index in [0.717, 1.165) is 42.1 Å². The average molecular weight is 286 g/mol. The third-order valence-corrected chi connectivity index (χ3v) is 5.79. The Morgan fingerprint density at radius 3 is 2.38 bits per heavy atom. The van der Waals surface area contributed by atoms with Crippen LogP contribution in [0.1, 0.15) is 37.2 Å². The van der Waals surface area contributed by atoms with Crippen molar-refractivity contribution in [2.45, 2.75) is 37.7 Å². The Hall–Kier alpha value is -1.35. The van der Waals surface area contributed by atoms with E-state index in [4.69, 9.17) is 4.74 Å². The lowest BCUT2D eigenvalue weighted by atomic mass is 9.82. The molecule has 2 bridgehead atoms. The van der Waals surface area contributed by atoms with Gasteiger partial charge in [0.2, 0.25) is 0 Å². The molecule has 1 aromatic rings. The Labute approximate surface area is 125 Å². The molecule has 0 saturated heterocycles. The number of rotatable bonds is 4. The van der Waals surface area contributed by atoms with Gasteiger partial charge in [-0.1, -0.05) is 30.3 Å². The highest BCUT2D eigenvalue weighted by Crippen LogP contribution is 2.63. The highest BCUT2D eigenvalue weighted by atomic mass is 16.5. The molecule has 3 aliphatic carbocycles.